The molecule has 2 aromatic rings. The van der Waals surface area contributed by atoms with Crippen molar-refractivity contribution in [3.63, 3.8) is 0 Å². The molecule has 0 unspecified atom stereocenters. The Morgan fingerprint density at radius 2 is 1.79 bits per heavy atom. The average molecular weight is 540 g/mol. The van der Waals surface area contributed by atoms with Gasteiger partial charge in [-0.25, -0.2) is 4.39 Å². The van der Waals surface area contributed by atoms with Crippen LogP contribution in [0.15, 0.2) is 48.5 Å². The highest BCUT2D eigenvalue weighted by atomic mass is 19.1. The molecule has 0 bridgehead atoms. The van der Waals surface area contributed by atoms with Crippen LogP contribution in [-0.4, -0.2) is 43.6 Å². The summed E-state index contributed by atoms with van der Waals surface area (Å²) < 4.78 is 19.4. The third-order valence-corrected chi connectivity index (χ3v) is 7.00. The van der Waals surface area contributed by atoms with E-state index in [4.69, 9.17) is 4.74 Å². The predicted octanol–water partition coefficient (Wildman–Crippen LogP) is 5.05. The third kappa shape index (κ3) is 11.4. The first-order valence-corrected chi connectivity index (χ1v) is 14.5. The summed E-state index contributed by atoms with van der Waals surface area (Å²) in [6, 6.07) is 13.7. The highest BCUT2D eigenvalue weighted by molar-refractivity contribution is 5.89. The number of rotatable bonds is 17. The van der Waals surface area contributed by atoms with E-state index < -0.39 is 12.1 Å². The van der Waals surface area contributed by atoms with Crippen LogP contribution < -0.4 is 20.7 Å². The molecule has 0 aliphatic heterocycles. The van der Waals surface area contributed by atoms with Crippen molar-refractivity contribution < 1.29 is 18.7 Å². The number of aryl methyl sites for hydroxylation is 1. The normalized spacial score (nSPS) is 15.4. The Bertz CT molecular complexity index is 1060. The zero-order valence-corrected chi connectivity index (χ0v) is 24.0. The molecule has 3 rings (SSSR count). The maximum absolute atomic E-state index is 13.5. The second kappa shape index (κ2) is 15.6. The minimum absolute atomic E-state index is 0.119. The molecule has 0 radical (unpaired) electrons. The summed E-state index contributed by atoms with van der Waals surface area (Å²) in [7, 11) is 0. The molecule has 39 heavy (non-hydrogen) atoms. The minimum atomic E-state index is -0.527. The van der Waals surface area contributed by atoms with Gasteiger partial charge >= 0.3 is 0 Å². The van der Waals surface area contributed by atoms with Crippen LogP contribution in [0.5, 0.6) is 5.75 Å². The average Bonchev–Trinajstić information content (AvgIpc) is 3.72. The lowest BCUT2D eigenvalue weighted by Crippen LogP contribution is -2.52. The molecule has 1 aliphatic rings. The van der Waals surface area contributed by atoms with Crippen LogP contribution in [0.2, 0.25) is 0 Å². The van der Waals surface area contributed by atoms with Gasteiger partial charge in [-0.3, -0.25) is 9.59 Å². The molecule has 7 heteroatoms. The molecule has 2 aromatic carbocycles. The standard InChI is InChI=1S/C32H46FN3O3/c1-22(2)21-39-30-13-6-5-10-27(30)11-8-16-34-32(38)29(19-25-14-15-25)36-31(37)24(4)35-20-23(3)17-26-9-7-12-28(33)18-26/h5-7,9-10,12-13,18,22-25,29,35H,8,11,14-17,19-21H2,1-4H3,(H,34,38)(H,36,37)/t23-,24-,29+/m1/s1. The van der Waals surface area contributed by atoms with E-state index in [2.05, 4.69) is 42.8 Å². The van der Waals surface area contributed by atoms with Gasteiger partial charge in [-0.2, -0.15) is 0 Å². The highest BCUT2D eigenvalue weighted by Gasteiger charge is 2.31. The Labute approximate surface area is 233 Å². The lowest BCUT2D eigenvalue weighted by molar-refractivity contribution is -0.130. The Morgan fingerprint density at radius 1 is 1.03 bits per heavy atom. The van der Waals surface area contributed by atoms with E-state index in [0.29, 0.717) is 38.0 Å². The molecule has 214 valence electrons. The number of para-hydroxylation sites is 1. The third-order valence-electron chi connectivity index (χ3n) is 7.00. The molecule has 6 nitrogen and oxygen atoms in total. The Balaban J connectivity index is 1.42. The van der Waals surface area contributed by atoms with Gasteiger partial charge in [0.2, 0.25) is 11.8 Å². The lowest BCUT2D eigenvalue weighted by atomic mass is 10.0. The van der Waals surface area contributed by atoms with E-state index >= 15 is 0 Å². The van der Waals surface area contributed by atoms with Crippen LogP contribution in [0.25, 0.3) is 0 Å². The predicted molar refractivity (Wildman–Crippen MR) is 154 cm³/mol. The van der Waals surface area contributed by atoms with E-state index in [-0.39, 0.29) is 23.5 Å². The smallest absolute Gasteiger partial charge is 0.242 e. The zero-order valence-electron chi connectivity index (χ0n) is 24.0. The maximum Gasteiger partial charge on any atom is 0.242 e. The van der Waals surface area contributed by atoms with Crippen molar-refractivity contribution in [2.24, 2.45) is 17.8 Å². The van der Waals surface area contributed by atoms with Gasteiger partial charge in [0.1, 0.15) is 17.6 Å². The van der Waals surface area contributed by atoms with Crippen molar-refractivity contribution in [1.29, 1.82) is 0 Å². The quantitative estimate of drug-likeness (QED) is 0.246. The van der Waals surface area contributed by atoms with Crippen molar-refractivity contribution >= 4 is 11.8 Å². The monoisotopic (exact) mass is 539 g/mol. The Morgan fingerprint density at radius 3 is 2.51 bits per heavy atom. The molecule has 1 saturated carbocycles. The van der Waals surface area contributed by atoms with Gasteiger partial charge < -0.3 is 20.7 Å². The van der Waals surface area contributed by atoms with Gasteiger partial charge in [0.05, 0.1) is 12.6 Å². The topological polar surface area (TPSA) is 79.5 Å². The largest absolute Gasteiger partial charge is 0.493 e. The number of ether oxygens (including phenoxy) is 1. The number of hydrogen-bond acceptors (Lipinski definition) is 4. The van der Waals surface area contributed by atoms with Gasteiger partial charge in [0.25, 0.3) is 0 Å². The van der Waals surface area contributed by atoms with Gasteiger partial charge in [-0.15, -0.1) is 0 Å². The summed E-state index contributed by atoms with van der Waals surface area (Å²) in [6.45, 7) is 9.97. The summed E-state index contributed by atoms with van der Waals surface area (Å²) in [6.07, 6.45) is 5.21. The molecule has 0 saturated heterocycles. The van der Waals surface area contributed by atoms with Crippen molar-refractivity contribution in [3.8, 4) is 5.75 Å². The first-order valence-electron chi connectivity index (χ1n) is 14.5. The van der Waals surface area contributed by atoms with Gasteiger partial charge in [-0.1, -0.05) is 63.9 Å². The van der Waals surface area contributed by atoms with Gasteiger partial charge in [0.15, 0.2) is 0 Å². The van der Waals surface area contributed by atoms with Crippen LogP contribution >= 0.6 is 0 Å². The molecule has 0 spiro atoms. The van der Waals surface area contributed by atoms with Crippen molar-refractivity contribution in [2.45, 2.75) is 78.3 Å². The van der Waals surface area contributed by atoms with E-state index in [0.717, 1.165) is 49.0 Å². The zero-order chi connectivity index (χ0) is 28.2. The summed E-state index contributed by atoms with van der Waals surface area (Å²) in [4.78, 5) is 25.9. The molecular formula is C32H46FN3O3. The van der Waals surface area contributed by atoms with Crippen molar-refractivity contribution in [1.82, 2.24) is 16.0 Å². The van der Waals surface area contributed by atoms with Gasteiger partial charge in [-0.05, 0) is 86.2 Å². The number of hydrogen-bond donors (Lipinski definition) is 3. The number of halogens is 1. The Hall–Kier alpha value is -2.93. The van der Waals surface area contributed by atoms with Crippen LogP contribution in [-0.2, 0) is 22.4 Å². The summed E-state index contributed by atoms with van der Waals surface area (Å²) in [5, 5.41) is 9.29. The van der Waals surface area contributed by atoms with Crippen molar-refractivity contribution in [3.05, 3.63) is 65.5 Å². The maximum atomic E-state index is 13.5. The van der Waals surface area contributed by atoms with Crippen LogP contribution in [0.4, 0.5) is 4.39 Å². The fourth-order valence-electron chi connectivity index (χ4n) is 4.55. The summed E-state index contributed by atoms with van der Waals surface area (Å²) >= 11 is 0. The molecule has 2 amide bonds. The number of nitrogens with one attached hydrogen (secondary N) is 3. The SMILES string of the molecule is CC(C)COc1ccccc1CCCNC(=O)[C@H](CC1CC1)NC(=O)[C@@H](C)NC[C@H](C)Cc1cccc(F)c1. The Kier molecular flexibility index (Phi) is 12.2. The molecular weight excluding hydrogens is 493 g/mol. The fraction of sp³-hybridized carbons (Fsp3) is 0.562. The molecule has 1 fully saturated rings. The molecule has 1 aliphatic carbocycles. The number of carbonyl (C=O) groups excluding carboxylic acids is 2. The minimum Gasteiger partial charge on any atom is -0.493 e. The van der Waals surface area contributed by atoms with Crippen LogP contribution in [0, 0.1) is 23.6 Å². The molecule has 3 N–H and O–H groups in total. The van der Waals surface area contributed by atoms with E-state index in [1.165, 1.54) is 6.07 Å². The lowest BCUT2D eigenvalue weighted by Gasteiger charge is -2.22. The van der Waals surface area contributed by atoms with E-state index in [1.807, 2.05) is 31.2 Å². The number of amides is 2. The molecule has 3 atom stereocenters. The number of carbonyl (C=O) groups is 2. The summed E-state index contributed by atoms with van der Waals surface area (Å²) in [5.41, 5.74) is 2.08. The van der Waals surface area contributed by atoms with Crippen molar-refractivity contribution in [2.75, 3.05) is 19.7 Å². The first kappa shape index (κ1) is 30.6. The van der Waals surface area contributed by atoms with Crippen LogP contribution in [0.1, 0.15) is 64.5 Å². The highest BCUT2D eigenvalue weighted by Crippen LogP contribution is 2.33. The first-order chi connectivity index (χ1) is 18.7. The molecule has 0 heterocycles. The van der Waals surface area contributed by atoms with E-state index in [9.17, 15) is 14.0 Å². The summed E-state index contributed by atoms with van der Waals surface area (Å²) in [5.74, 6) is 1.56. The second-order valence-electron chi connectivity index (χ2n) is 11.5. The van der Waals surface area contributed by atoms with Crippen LogP contribution in [0.3, 0.4) is 0 Å². The van der Waals surface area contributed by atoms with E-state index in [1.54, 1.807) is 12.1 Å². The molecule has 0 aromatic heterocycles. The number of benzene rings is 2. The second-order valence-corrected chi connectivity index (χ2v) is 11.5. The van der Waals surface area contributed by atoms with Gasteiger partial charge in [0, 0.05) is 6.54 Å². The fourth-order valence-corrected chi connectivity index (χ4v) is 4.55.